The van der Waals surface area contributed by atoms with Crippen molar-refractivity contribution in [2.45, 2.75) is 30.0 Å². The van der Waals surface area contributed by atoms with Crippen LogP contribution in [0.3, 0.4) is 0 Å². The highest BCUT2D eigenvalue weighted by Crippen LogP contribution is 2.59. The molecular formula is C19H15BrF5N4O5P. The van der Waals surface area contributed by atoms with Crippen LogP contribution in [-0.2, 0) is 27.1 Å². The monoisotopic (exact) mass is 584 g/mol. The van der Waals surface area contributed by atoms with E-state index in [0.29, 0.717) is 0 Å². The minimum absolute atomic E-state index is 0.110. The first kappa shape index (κ1) is 26.9. The molecule has 35 heavy (non-hydrogen) atoms. The van der Waals surface area contributed by atoms with Gasteiger partial charge >= 0.3 is 25.1 Å². The number of carbonyl (C=O) groups is 2. The molecule has 0 saturated heterocycles. The van der Waals surface area contributed by atoms with Gasteiger partial charge in [0.05, 0.1) is 0 Å². The van der Waals surface area contributed by atoms with Gasteiger partial charge in [-0.3, -0.25) is 14.2 Å². The topological polar surface area (TPSA) is 154 Å². The molecule has 0 saturated carbocycles. The summed E-state index contributed by atoms with van der Waals surface area (Å²) in [6.07, 6.45) is -5.14. The first-order valence-corrected chi connectivity index (χ1v) is 11.8. The molecule has 2 amide bonds. The summed E-state index contributed by atoms with van der Waals surface area (Å²) in [4.78, 5) is 42.2. The van der Waals surface area contributed by atoms with Crippen molar-refractivity contribution < 1.29 is 45.9 Å². The van der Waals surface area contributed by atoms with E-state index in [1.54, 1.807) is 0 Å². The van der Waals surface area contributed by atoms with Gasteiger partial charge in [-0.2, -0.15) is 22.0 Å². The van der Waals surface area contributed by atoms with Crippen molar-refractivity contribution in [1.29, 1.82) is 0 Å². The Labute approximate surface area is 201 Å². The second-order valence-electron chi connectivity index (χ2n) is 7.51. The zero-order valence-corrected chi connectivity index (χ0v) is 19.6. The minimum atomic E-state index is -5.78. The van der Waals surface area contributed by atoms with E-state index >= 15 is 0 Å². The number of primary amides is 1. The summed E-state index contributed by atoms with van der Waals surface area (Å²) in [5.74, 6) is -1.99. The number of carbonyl (C=O) groups excluding carboxylic acids is 2. The second kappa shape index (κ2) is 9.04. The fourth-order valence-electron chi connectivity index (χ4n) is 3.07. The number of hydrogen-bond donors (Lipinski definition) is 4. The number of nitrogens with zero attached hydrogens (tertiary/aromatic N) is 2. The molecule has 16 heteroatoms. The van der Waals surface area contributed by atoms with Crippen LogP contribution in [0.25, 0.3) is 0 Å². The van der Waals surface area contributed by atoms with E-state index in [9.17, 15) is 36.1 Å². The number of rotatable bonds is 8. The van der Waals surface area contributed by atoms with Gasteiger partial charge in [-0.05, 0) is 23.8 Å². The normalized spacial score (nSPS) is 16.0. The molecule has 1 aliphatic heterocycles. The Morgan fingerprint density at radius 3 is 2.11 bits per heavy atom. The predicted octanol–water partition coefficient (Wildman–Crippen LogP) is 3.68. The Morgan fingerprint density at radius 2 is 1.66 bits per heavy atom. The molecule has 0 unspecified atom stereocenters. The van der Waals surface area contributed by atoms with Crippen LogP contribution in [0.1, 0.15) is 27.0 Å². The van der Waals surface area contributed by atoms with Gasteiger partial charge in [0, 0.05) is 27.6 Å². The summed E-state index contributed by atoms with van der Waals surface area (Å²) in [6, 6.07) is 5.40. The fourth-order valence-corrected chi connectivity index (χ4v) is 4.05. The lowest BCUT2D eigenvalue weighted by atomic mass is 9.99. The maximum absolute atomic E-state index is 13.8. The van der Waals surface area contributed by atoms with E-state index in [1.807, 2.05) is 0 Å². The smallest absolute Gasteiger partial charge is 0.368 e. The van der Waals surface area contributed by atoms with Gasteiger partial charge in [-0.1, -0.05) is 40.2 Å². The summed E-state index contributed by atoms with van der Waals surface area (Å²) < 4.78 is 78.6. The molecular weight excluding hydrogens is 570 g/mol. The third kappa shape index (κ3) is 5.42. The fraction of sp³-hybridized carbons (Fsp3) is 0.263. The van der Waals surface area contributed by atoms with E-state index in [1.165, 1.54) is 6.07 Å². The van der Waals surface area contributed by atoms with Crippen molar-refractivity contribution >= 4 is 35.3 Å². The van der Waals surface area contributed by atoms with E-state index in [-0.39, 0.29) is 22.0 Å². The average molecular weight is 585 g/mol. The van der Waals surface area contributed by atoms with Crippen LogP contribution in [-0.4, -0.2) is 33.8 Å². The van der Waals surface area contributed by atoms with E-state index in [2.05, 4.69) is 31.5 Å². The average Bonchev–Trinajstić information content (AvgIpc) is 3.54. The second-order valence-corrected chi connectivity index (χ2v) is 10.1. The maximum atomic E-state index is 13.8. The molecule has 0 aliphatic carbocycles. The van der Waals surface area contributed by atoms with Crippen LogP contribution in [0.4, 0.5) is 22.0 Å². The van der Waals surface area contributed by atoms with Crippen molar-refractivity contribution in [1.82, 2.24) is 5.32 Å². The summed E-state index contributed by atoms with van der Waals surface area (Å²) in [5.41, 5.74) is -3.39. The quantitative estimate of drug-likeness (QED) is 0.275. The highest BCUT2D eigenvalue weighted by molar-refractivity contribution is 9.10. The third-order valence-corrected chi connectivity index (χ3v) is 6.46. The molecule has 0 aromatic heterocycles. The summed E-state index contributed by atoms with van der Waals surface area (Å²) >= 11 is 3.01. The molecule has 0 bridgehead atoms. The van der Waals surface area contributed by atoms with Gasteiger partial charge in [0.25, 0.3) is 5.91 Å². The zero-order chi connectivity index (χ0) is 26.4. The highest BCUT2D eigenvalue weighted by Gasteiger charge is 2.65. The number of amides is 2. The lowest BCUT2D eigenvalue weighted by Gasteiger charge is -2.19. The molecule has 1 heterocycles. The summed E-state index contributed by atoms with van der Waals surface area (Å²) in [7, 11) is -5.78. The molecule has 5 N–H and O–H groups in total. The lowest BCUT2D eigenvalue weighted by molar-refractivity contribution is -0.166. The van der Waals surface area contributed by atoms with Crippen LogP contribution in [0.2, 0.25) is 0 Å². The minimum Gasteiger partial charge on any atom is -0.368 e. The van der Waals surface area contributed by atoms with E-state index < -0.39 is 54.1 Å². The van der Waals surface area contributed by atoms with Crippen LogP contribution >= 0.6 is 23.5 Å². The van der Waals surface area contributed by atoms with Crippen molar-refractivity contribution in [3.05, 3.63) is 69.2 Å². The van der Waals surface area contributed by atoms with Gasteiger partial charge < -0.3 is 20.8 Å². The van der Waals surface area contributed by atoms with Crippen molar-refractivity contribution in [3.8, 4) is 0 Å². The third-order valence-electron chi connectivity index (χ3n) is 5.01. The first-order chi connectivity index (χ1) is 16.0. The van der Waals surface area contributed by atoms with Gasteiger partial charge in [0.15, 0.2) is 0 Å². The van der Waals surface area contributed by atoms with E-state index in [4.69, 9.17) is 15.5 Å². The molecule has 2 aromatic rings. The van der Waals surface area contributed by atoms with Crippen molar-refractivity contribution in [2.75, 3.05) is 0 Å². The zero-order valence-electron chi connectivity index (χ0n) is 17.1. The molecule has 2 aromatic carbocycles. The molecule has 188 valence electrons. The SMILES string of the molecule is NC(=O)[C@H](Cc1ccc(C(F)(F)P(=O)(O)O)cc1)NC(=O)c1cc(Br)cc(C2(C(F)(F)F)N=N2)c1. The Bertz CT molecular complexity index is 1240. The van der Waals surface area contributed by atoms with Gasteiger partial charge in [-0.25, -0.2) is 0 Å². The molecule has 3 rings (SSSR count). The van der Waals surface area contributed by atoms with E-state index in [0.717, 1.165) is 36.4 Å². The lowest BCUT2D eigenvalue weighted by Crippen LogP contribution is -2.46. The largest absolute Gasteiger partial charge is 0.442 e. The number of nitrogens with one attached hydrogen (secondary N) is 1. The van der Waals surface area contributed by atoms with Gasteiger partial charge in [-0.15, -0.1) is 10.2 Å². The van der Waals surface area contributed by atoms with Crippen LogP contribution in [0, 0.1) is 0 Å². The molecule has 0 spiro atoms. The number of benzene rings is 2. The summed E-state index contributed by atoms with van der Waals surface area (Å²) in [5, 5.41) is 8.41. The predicted molar refractivity (Wildman–Crippen MR) is 113 cm³/mol. The number of nitrogens with two attached hydrogens (primary N) is 1. The Kier molecular flexibility index (Phi) is 6.94. The first-order valence-electron chi connectivity index (χ1n) is 9.43. The number of hydrogen-bond acceptors (Lipinski definition) is 5. The molecule has 9 nitrogen and oxygen atoms in total. The Balaban J connectivity index is 1.79. The molecule has 0 radical (unpaired) electrons. The van der Waals surface area contributed by atoms with Gasteiger partial charge in [0.2, 0.25) is 5.91 Å². The molecule has 0 fully saturated rings. The number of alkyl halides is 5. The van der Waals surface area contributed by atoms with Gasteiger partial charge in [0.1, 0.15) is 6.04 Å². The van der Waals surface area contributed by atoms with Crippen molar-refractivity contribution in [3.63, 3.8) is 0 Å². The molecule has 1 aliphatic rings. The highest BCUT2D eigenvalue weighted by atomic mass is 79.9. The maximum Gasteiger partial charge on any atom is 0.442 e. The van der Waals surface area contributed by atoms with Crippen LogP contribution < -0.4 is 11.1 Å². The summed E-state index contributed by atoms with van der Waals surface area (Å²) in [6.45, 7) is 0. The number of halogens is 6. The standard InChI is InChI=1S/C19H15BrF5N4O5P/c20-13-7-10(6-12(8-13)17(28-29-17)19(23,24)25)16(31)27-14(15(26)30)5-9-1-3-11(4-2-9)18(21,22)35(32,33)34/h1-4,6-8,14H,5H2,(H2,26,30)(H,27,31)(H2,32,33,34)/t14-/m0/s1. The van der Waals surface area contributed by atoms with Crippen LogP contribution in [0.15, 0.2) is 57.2 Å². The molecule has 1 atom stereocenters. The van der Waals surface area contributed by atoms with Crippen molar-refractivity contribution in [2.24, 2.45) is 16.0 Å². The van der Waals surface area contributed by atoms with Crippen LogP contribution in [0.5, 0.6) is 0 Å². The Hall–Kier alpha value is -2.74. The Morgan fingerprint density at radius 1 is 1.09 bits per heavy atom.